The van der Waals surface area contributed by atoms with Gasteiger partial charge < -0.3 is 5.73 Å². The van der Waals surface area contributed by atoms with Gasteiger partial charge in [-0.3, -0.25) is 0 Å². The average molecular weight is 175 g/mol. The molecule has 12 heavy (non-hydrogen) atoms. The number of nitrogens with two attached hydrogens (primary N) is 1. The highest BCUT2D eigenvalue weighted by molar-refractivity contribution is 5.41. The normalized spacial score (nSPS) is 11.7. The Balaban J connectivity index is 3.19. The Kier molecular flexibility index (Phi) is 2.00. The number of hydrogen-bond donors (Lipinski definition) is 1. The lowest BCUT2D eigenvalue weighted by atomic mass is 10.1. The van der Waals surface area contributed by atoms with E-state index in [1.165, 1.54) is 6.07 Å². The lowest BCUT2D eigenvalue weighted by Gasteiger charge is -2.11. The molecule has 1 nitrogen and oxygen atoms in total. The summed E-state index contributed by atoms with van der Waals surface area (Å²) in [5.41, 5.74) is 4.70. The number of anilines is 1. The second-order valence-corrected chi connectivity index (χ2v) is 2.63. The zero-order valence-corrected chi connectivity index (χ0v) is 6.44. The smallest absolute Gasteiger partial charge is 0.273 e. The molecule has 0 amide bonds. The molecule has 66 valence electrons. The average Bonchev–Trinajstić information content (AvgIpc) is 1.83. The van der Waals surface area contributed by atoms with Crippen molar-refractivity contribution >= 4 is 5.69 Å². The minimum absolute atomic E-state index is 0.139. The third-order valence-electron chi connectivity index (χ3n) is 1.47. The van der Waals surface area contributed by atoms with Crippen LogP contribution < -0.4 is 5.73 Å². The molecule has 2 N–H and O–H groups in total. The standard InChI is InChI=1S/C8H8F3N/c1-8(10,11)6-3-2-5(12)4-7(6)9/h2-4H,12H2,1H3. The van der Waals surface area contributed by atoms with Crippen LogP contribution in [0.5, 0.6) is 0 Å². The Bertz CT molecular complexity index is 291. The van der Waals surface area contributed by atoms with Crippen LogP contribution >= 0.6 is 0 Å². The number of benzene rings is 1. The van der Waals surface area contributed by atoms with E-state index in [9.17, 15) is 13.2 Å². The predicted molar refractivity (Wildman–Crippen MR) is 40.4 cm³/mol. The summed E-state index contributed by atoms with van der Waals surface area (Å²) in [7, 11) is 0. The molecule has 4 heteroatoms. The van der Waals surface area contributed by atoms with E-state index in [1.807, 2.05) is 0 Å². The largest absolute Gasteiger partial charge is 0.399 e. The fourth-order valence-corrected chi connectivity index (χ4v) is 0.887. The molecule has 0 aliphatic carbocycles. The van der Waals surface area contributed by atoms with Gasteiger partial charge in [-0.05, 0) is 18.2 Å². The van der Waals surface area contributed by atoms with E-state index in [1.54, 1.807) is 0 Å². The maximum absolute atomic E-state index is 12.8. The van der Waals surface area contributed by atoms with E-state index >= 15 is 0 Å². The maximum atomic E-state index is 12.8. The van der Waals surface area contributed by atoms with E-state index in [0.717, 1.165) is 12.1 Å². The lowest BCUT2D eigenvalue weighted by Crippen LogP contribution is -2.09. The van der Waals surface area contributed by atoms with Crippen molar-refractivity contribution in [3.63, 3.8) is 0 Å². The van der Waals surface area contributed by atoms with E-state index in [4.69, 9.17) is 5.73 Å². The van der Waals surface area contributed by atoms with E-state index in [0.29, 0.717) is 6.92 Å². The van der Waals surface area contributed by atoms with Crippen LogP contribution in [0.4, 0.5) is 18.9 Å². The third-order valence-corrected chi connectivity index (χ3v) is 1.47. The van der Waals surface area contributed by atoms with Crippen molar-refractivity contribution in [2.45, 2.75) is 12.8 Å². The first-order valence-electron chi connectivity index (χ1n) is 3.34. The van der Waals surface area contributed by atoms with Gasteiger partial charge >= 0.3 is 0 Å². The van der Waals surface area contributed by atoms with E-state index < -0.39 is 17.3 Å². The molecule has 0 aliphatic rings. The Labute approximate surface area is 68.0 Å². The highest BCUT2D eigenvalue weighted by Gasteiger charge is 2.27. The van der Waals surface area contributed by atoms with Gasteiger partial charge in [0.05, 0.1) is 5.56 Å². The van der Waals surface area contributed by atoms with Crippen LogP contribution in [-0.4, -0.2) is 0 Å². The second kappa shape index (κ2) is 2.69. The van der Waals surface area contributed by atoms with Gasteiger partial charge in [0.15, 0.2) is 0 Å². The summed E-state index contributed by atoms with van der Waals surface area (Å²) >= 11 is 0. The summed E-state index contributed by atoms with van der Waals surface area (Å²) in [5, 5.41) is 0. The van der Waals surface area contributed by atoms with E-state index in [-0.39, 0.29) is 5.69 Å². The highest BCUT2D eigenvalue weighted by atomic mass is 19.3. The molecule has 1 aromatic rings. The highest BCUT2D eigenvalue weighted by Crippen LogP contribution is 2.29. The van der Waals surface area contributed by atoms with Crippen molar-refractivity contribution in [1.82, 2.24) is 0 Å². The van der Waals surface area contributed by atoms with Crippen molar-refractivity contribution in [3.8, 4) is 0 Å². The summed E-state index contributed by atoms with van der Waals surface area (Å²) in [4.78, 5) is 0. The first-order valence-corrected chi connectivity index (χ1v) is 3.34. The Morgan fingerprint density at radius 3 is 2.33 bits per heavy atom. The molecule has 0 saturated heterocycles. The number of rotatable bonds is 1. The van der Waals surface area contributed by atoms with Crippen LogP contribution in [0, 0.1) is 5.82 Å². The first-order chi connectivity index (χ1) is 5.41. The van der Waals surface area contributed by atoms with Gasteiger partial charge in [-0.2, -0.15) is 0 Å². The second-order valence-electron chi connectivity index (χ2n) is 2.63. The third kappa shape index (κ3) is 1.69. The zero-order valence-electron chi connectivity index (χ0n) is 6.44. The van der Waals surface area contributed by atoms with Gasteiger partial charge in [-0.25, -0.2) is 13.2 Å². The Morgan fingerprint density at radius 2 is 1.92 bits per heavy atom. The molecule has 1 rings (SSSR count). The monoisotopic (exact) mass is 175 g/mol. The van der Waals surface area contributed by atoms with Gasteiger partial charge in [-0.1, -0.05) is 0 Å². The minimum Gasteiger partial charge on any atom is -0.399 e. The summed E-state index contributed by atoms with van der Waals surface area (Å²) in [6, 6.07) is 3.12. The number of nitrogen functional groups attached to an aromatic ring is 1. The van der Waals surface area contributed by atoms with Gasteiger partial charge in [0.2, 0.25) is 0 Å². The van der Waals surface area contributed by atoms with Gasteiger partial charge in [0.1, 0.15) is 5.82 Å². The fourth-order valence-electron chi connectivity index (χ4n) is 0.887. The molecule has 0 atom stereocenters. The van der Waals surface area contributed by atoms with Crippen LogP contribution in [0.3, 0.4) is 0 Å². The lowest BCUT2D eigenvalue weighted by molar-refractivity contribution is 0.0138. The van der Waals surface area contributed by atoms with Gasteiger partial charge in [-0.15, -0.1) is 0 Å². The quantitative estimate of drug-likeness (QED) is 0.652. The van der Waals surface area contributed by atoms with Crippen LogP contribution in [-0.2, 0) is 5.92 Å². The van der Waals surface area contributed by atoms with Crippen molar-refractivity contribution in [3.05, 3.63) is 29.6 Å². The molecule has 0 radical (unpaired) electrons. The van der Waals surface area contributed by atoms with Crippen molar-refractivity contribution in [2.75, 3.05) is 5.73 Å². The molecular formula is C8H8F3N. The van der Waals surface area contributed by atoms with Crippen molar-refractivity contribution in [2.24, 2.45) is 0 Å². The molecule has 0 bridgehead atoms. The summed E-state index contributed by atoms with van der Waals surface area (Å²) in [5.74, 6) is -4.12. The molecule has 0 unspecified atom stereocenters. The van der Waals surface area contributed by atoms with Gasteiger partial charge in [0, 0.05) is 12.6 Å². The molecule has 0 aromatic heterocycles. The van der Waals surface area contributed by atoms with Crippen molar-refractivity contribution < 1.29 is 13.2 Å². The maximum Gasteiger partial charge on any atom is 0.273 e. The molecule has 0 spiro atoms. The fraction of sp³-hybridized carbons (Fsp3) is 0.250. The zero-order chi connectivity index (χ0) is 9.35. The summed E-state index contributed by atoms with van der Waals surface area (Å²) < 4.78 is 37.9. The minimum atomic E-state index is -3.15. The predicted octanol–water partition coefficient (Wildman–Crippen LogP) is 2.52. The van der Waals surface area contributed by atoms with Crippen LogP contribution in [0.25, 0.3) is 0 Å². The van der Waals surface area contributed by atoms with Crippen LogP contribution in [0.15, 0.2) is 18.2 Å². The molecule has 0 heterocycles. The molecule has 0 aliphatic heterocycles. The number of hydrogen-bond acceptors (Lipinski definition) is 1. The Morgan fingerprint density at radius 1 is 1.33 bits per heavy atom. The molecule has 1 aromatic carbocycles. The molecule has 0 saturated carbocycles. The molecular weight excluding hydrogens is 167 g/mol. The Hall–Kier alpha value is -1.19. The van der Waals surface area contributed by atoms with Crippen molar-refractivity contribution in [1.29, 1.82) is 0 Å². The van der Waals surface area contributed by atoms with Crippen LogP contribution in [0.1, 0.15) is 12.5 Å². The van der Waals surface area contributed by atoms with Gasteiger partial charge in [0.25, 0.3) is 5.92 Å². The summed E-state index contributed by atoms with van der Waals surface area (Å²) in [6.07, 6.45) is 0. The first kappa shape index (κ1) is 8.90. The number of halogens is 3. The SMILES string of the molecule is CC(F)(F)c1ccc(N)cc1F. The molecule has 0 fully saturated rings. The summed E-state index contributed by atoms with van der Waals surface area (Å²) in [6.45, 7) is 0.640. The number of alkyl halides is 2. The topological polar surface area (TPSA) is 26.0 Å². The van der Waals surface area contributed by atoms with E-state index in [2.05, 4.69) is 0 Å². The van der Waals surface area contributed by atoms with Crippen LogP contribution in [0.2, 0.25) is 0 Å².